The highest BCUT2D eigenvalue weighted by atomic mass is 32.2. The Morgan fingerprint density at radius 3 is 2.73 bits per heavy atom. The van der Waals surface area contributed by atoms with Crippen LogP contribution in [-0.4, -0.2) is 51.6 Å². The molecule has 1 aliphatic rings. The summed E-state index contributed by atoms with van der Waals surface area (Å²) >= 11 is 0. The van der Waals surface area contributed by atoms with Crippen LogP contribution in [-0.2, 0) is 20.4 Å². The Bertz CT molecular complexity index is 306. The number of nitrogens with one attached hydrogen (secondary N) is 1. The van der Waals surface area contributed by atoms with Gasteiger partial charge in [0.25, 0.3) is 0 Å². The Hall–Kier alpha value is -0.910. The smallest absolute Gasteiger partial charge is 0.242 e. The molecule has 1 N–H and O–H groups in total. The van der Waals surface area contributed by atoms with E-state index in [1.807, 2.05) is 6.92 Å². The average Bonchev–Trinajstić information content (AvgIpc) is 2.11. The predicted molar refractivity (Wildman–Crippen MR) is 57.7 cm³/mol. The Kier molecular flexibility index (Phi) is 3.84. The minimum absolute atomic E-state index is 0.0455. The van der Waals surface area contributed by atoms with Crippen molar-refractivity contribution in [1.82, 2.24) is 10.2 Å². The van der Waals surface area contributed by atoms with Crippen LogP contribution in [0.3, 0.4) is 0 Å². The van der Waals surface area contributed by atoms with Crippen molar-refractivity contribution in [3.8, 4) is 0 Å². The van der Waals surface area contributed by atoms with Crippen molar-refractivity contribution in [3.05, 3.63) is 0 Å². The number of amides is 2. The highest BCUT2D eigenvalue weighted by Crippen LogP contribution is 2.10. The van der Waals surface area contributed by atoms with Gasteiger partial charge in [0.05, 0.1) is 6.54 Å². The van der Waals surface area contributed by atoms with Gasteiger partial charge in [-0.05, 0) is 13.8 Å². The maximum Gasteiger partial charge on any atom is 0.242 e. The van der Waals surface area contributed by atoms with Gasteiger partial charge in [0.15, 0.2) is 0 Å². The molecule has 3 atom stereocenters. The summed E-state index contributed by atoms with van der Waals surface area (Å²) in [7, 11) is -0.964. The topological polar surface area (TPSA) is 66.5 Å². The maximum atomic E-state index is 11.6. The molecule has 1 rings (SSSR count). The molecule has 0 spiro atoms. The zero-order valence-corrected chi connectivity index (χ0v) is 9.97. The van der Waals surface area contributed by atoms with Gasteiger partial charge in [-0.3, -0.25) is 13.8 Å². The highest BCUT2D eigenvalue weighted by Gasteiger charge is 2.34. The summed E-state index contributed by atoms with van der Waals surface area (Å²) in [4.78, 5) is 24.5. The van der Waals surface area contributed by atoms with Gasteiger partial charge in [0, 0.05) is 28.9 Å². The van der Waals surface area contributed by atoms with E-state index in [1.54, 1.807) is 13.2 Å². The summed E-state index contributed by atoms with van der Waals surface area (Å²) in [6.07, 6.45) is 1.59. The largest absolute Gasteiger partial charge is 0.345 e. The molecule has 1 heterocycles. The monoisotopic (exact) mass is 232 g/mol. The third kappa shape index (κ3) is 2.77. The van der Waals surface area contributed by atoms with E-state index in [0.717, 1.165) is 0 Å². The fourth-order valence-electron chi connectivity index (χ4n) is 1.79. The molecule has 0 radical (unpaired) electrons. The summed E-state index contributed by atoms with van der Waals surface area (Å²) in [6.45, 7) is 3.54. The Morgan fingerprint density at radius 2 is 2.20 bits per heavy atom. The summed E-state index contributed by atoms with van der Waals surface area (Å²) in [5.74, 6) is 0.145. The lowest BCUT2D eigenvalue weighted by molar-refractivity contribution is -0.146. The van der Waals surface area contributed by atoms with Crippen molar-refractivity contribution in [2.24, 2.45) is 0 Å². The van der Waals surface area contributed by atoms with E-state index >= 15 is 0 Å². The first-order valence-corrected chi connectivity index (χ1v) is 6.55. The molecule has 6 heteroatoms. The zero-order chi connectivity index (χ0) is 11.6. The number of rotatable bonds is 3. The average molecular weight is 232 g/mol. The fourth-order valence-corrected chi connectivity index (χ4v) is 2.63. The van der Waals surface area contributed by atoms with Crippen LogP contribution in [0.4, 0.5) is 0 Å². The lowest BCUT2D eigenvalue weighted by atomic mass is 10.1. The maximum absolute atomic E-state index is 11.6. The molecule has 0 aliphatic carbocycles. The normalized spacial score (nSPS) is 26.1. The molecule has 1 saturated heterocycles. The lowest BCUT2D eigenvalue weighted by Gasteiger charge is -2.37. The van der Waals surface area contributed by atoms with E-state index in [0.29, 0.717) is 5.75 Å². The van der Waals surface area contributed by atoms with E-state index in [4.69, 9.17) is 0 Å². The zero-order valence-electron chi connectivity index (χ0n) is 9.15. The first kappa shape index (κ1) is 12.2. The second-order valence-corrected chi connectivity index (χ2v) is 5.26. The van der Waals surface area contributed by atoms with Crippen LogP contribution < -0.4 is 5.32 Å². The van der Waals surface area contributed by atoms with Crippen LogP contribution in [0.15, 0.2) is 0 Å². The van der Waals surface area contributed by atoms with Crippen molar-refractivity contribution < 1.29 is 13.8 Å². The van der Waals surface area contributed by atoms with Crippen LogP contribution in [0, 0.1) is 0 Å². The molecule has 1 fully saturated rings. The van der Waals surface area contributed by atoms with Gasteiger partial charge in [-0.2, -0.15) is 0 Å². The molecule has 0 aromatic heterocycles. The number of hydrogen-bond donors (Lipinski definition) is 1. The van der Waals surface area contributed by atoms with Gasteiger partial charge in [-0.25, -0.2) is 0 Å². The Balaban J connectivity index is 2.75. The van der Waals surface area contributed by atoms with Crippen LogP contribution in [0.1, 0.15) is 13.8 Å². The number of piperazine rings is 1. The second kappa shape index (κ2) is 4.74. The van der Waals surface area contributed by atoms with Crippen LogP contribution in [0.5, 0.6) is 0 Å². The van der Waals surface area contributed by atoms with Gasteiger partial charge < -0.3 is 10.2 Å². The van der Waals surface area contributed by atoms with Crippen molar-refractivity contribution >= 4 is 22.6 Å². The number of carbonyl (C=O) groups is 2. The fraction of sp³-hybridized carbons (Fsp3) is 0.778. The SMILES string of the molecule is CC(CS(C)=O)N1C(=O)CNC(=O)C1C. The third-order valence-electron chi connectivity index (χ3n) is 2.45. The van der Waals surface area contributed by atoms with Crippen molar-refractivity contribution in [3.63, 3.8) is 0 Å². The molecular weight excluding hydrogens is 216 g/mol. The van der Waals surface area contributed by atoms with Crippen molar-refractivity contribution in [2.75, 3.05) is 18.6 Å². The van der Waals surface area contributed by atoms with E-state index in [9.17, 15) is 13.8 Å². The Labute approximate surface area is 91.7 Å². The molecule has 15 heavy (non-hydrogen) atoms. The summed E-state index contributed by atoms with van der Waals surface area (Å²) in [6, 6.07) is -0.630. The quantitative estimate of drug-likeness (QED) is 0.686. The molecule has 0 aromatic carbocycles. The van der Waals surface area contributed by atoms with Crippen molar-refractivity contribution in [1.29, 1.82) is 0 Å². The molecule has 1 aliphatic heterocycles. The van der Waals surface area contributed by atoms with Crippen molar-refractivity contribution in [2.45, 2.75) is 25.9 Å². The van der Waals surface area contributed by atoms with Gasteiger partial charge in [-0.1, -0.05) is 0 Å². The molecule has 5 nitrogen and oxygen atoms in total. The molecular formula is C9H16N2O3S. The lowest BCUT2D eigenvalue weighted by Crippen LogP contribution is -2.60. The van der Waals surface area contributed by atoms with Gasteiger partial charge >= 0.3 is 0 Å². The van der Waals surface area contributed by atoms with E-state index in [1.165, 1.54) is 4.90 Å². The van der Waals surface area contributed by atoms with Gasteiger partial charge in [0.1, 0.15) is 6.04 Å². The molecule has 0 aromatic rings. The first-order chi connectivity index (χ1) is 6.93. The predicted octanol–water partition coefficient (Wildman–Crippen LogP) is -0.900. The highest BCUT2D eigenvalue weighted by molar-refractivity contribution is 7.84. The second-order valence-electron chi connectivity index (χ2n) is 3.78. The summed E-state index contributed by atoms with van der Waals surface area (Å²) in [5, 5.41) is 2.51. The summed E-state index contributed by atoms with van der Waals surface area (Å²) in [5.41, 5.74) is 0. The van der Waals surface area contributed by atoms with Crippen LogP contribution >= 0.6 is 0 Å². The molecule has 0 saturated carbocycles. The van der Waals surface area contributed by atoms with Gasteiger partial charge in [-0.15, -0.1) is 0 Å². The van der Waals surface area contributed by atoms with Crippen LogP contribution in [0.25, 0.3) is 0 Å². The van der Waals surface area contributed by atoms with Crippen LogP contribution in [0.2, 0.25) is 0 Å². The molecule has 3 unspecified atom stereocenters. The number of carbonyl (C=O) groups excluding carboxylic acids is 2. The van der Waals surface area contributed by atoms with Gasteiger partial charge in [0.2, 0.25) is 11.8 Å². The summed E-state index contributed by atoms with van der Waals surface area (Å²) < 4.78 is 11.1. The number of nitrogens with zero attached hydrogens (tertiary/aromatic N) is 1. The molecule has 2 amide bonds. The van der Waals surface area contributed by atoms with E-state index in [-0.39, 0.29) is 24.4 Å². The minimum atomic E-state index is -0.964. The molecule has 86 valence electrons. The number of hydrogen-bond acceptors (Lipinski definition) is 3. The Morgan fingerprint density at radius 1 is 1.60 bits per heavy atom. The van der Waals surface area contributed by atoms with E-state index < -0.39 is 16.8 Å². The standard InChI is InChI=1S/C9H16N2O3S/c1-6(5-15(3)14)11-7(2)9(13)10-4-8(11)12/h6-7H,4-5H2,1-3H3,(H,10,13). The third-order valence-corrected chi connectivity index (χ3v) is 3.40. The minimum Gasteiger partial charge on any atom is -0.345 e. The first-order valence-electron chi connectivity index (χ1n) is 4.82. The van der Waals surface area contributed by atoms with E-state index in [2.05, 4.69) is 5.32 Å². The molecule has 0 bridgehead atoms.